The van der Waals surface area contributed by atoms with Crippen LogP contribution >= 0.6 is 0 Å². The van der Waals surface area contributed by atoms with E-state index in [4.69, 9.17) is 9.26 Å². The van der Waals surface area contributed by atoms with Crippen molar-refractivity contribution in [2.75, 3.05) is 33.4 Å². The van der Waals surface area contributed by atoms with Crippen molar-refractivity contribution < 1.29 is 14.1 Å². The molecule has 7 nitrogen and oxygen atoms in total. The molecule has 1 aromatic heterocycles. The van der Waals surface area contributed by atoms with Crippen molar-refractivity contribution in [2.24, 2.45) is 5.92 Å². The lowest BCUT2D eigenvalue weighted by Crippen LogP contribution is -2.43. The van der Waals surface area contributed by atoms with Gasteiger partial charge in [-0.2, -0.15) is 4.98 Å². The van der Waals surface area contributed by atoms with Gasteiger partial charge in [-0.3, -0.25) is 9.69 Å². The second-order valence-corrected chi connectivity index (χ2v) is 7.09. The van der Waals surface area contributed by atoms with Crippen LogP contribution < -0.4 is 5.32 Å². The molecular weight excluding hydrogens is 344 g/mol. The molecule has 1 fully saturated rings. The molecule has 0 radical (unpaired) electrons. The van der Waals surface area contributed by atoms with E-state index in [0.717, 1.165) is 43.5 Å². The van der Waals surface area contributed by atoms with Gasteiger partial charge in [-0.15, -0.1) is 0 Å². The van der Waals surface area contributed by atoms with Crippen LogP contribution in [-0.4, -0.2) is 54.3 Å². The van der Waals surface area contributed by atoms with Crippen molar-refractivity contribution in [2.45, 2.75) is 32.7 Å². The van der Waals surface area contributed by atoms with Crippen LogP contribution in [0.1, 0.15) is 30.7 Å². The molecule has 7 heteroatoms. The molecule has 1 saturated heterocycles. The molecule has 0 bridgehead atoms. The zero-order chi connectivity index (χ0) is 19.1. The number of aryl methyl sites for hydroxylation is 1. The average molecular weight is 372 g/mol. The smallest absolute Gasteiger partial charge is 0.241 e. The lowest BCUT2D eigenvalue weighted by molar-refractivity contribution is -0.126. The van der Waals surface area contributed by atoms with E-state index < -0.39 is 0 Å². The topological polar surface area (TPSA) is 80.5 Å². The maximum absolute atomic E-state index is 12.4. The number of rotatable bonds is 8. The summed E-state index contributed by atoms with van der Waals surface area (Å²) in [6.45, 7) is 5.60. The first-order valence-electron chi connectivity index (χ1n) is 9.54. The van der Waals surface area contributed by atoms with Crippen LogP contribution in [0.5, 0.6) is 0 Å². The molecule has 1 amide bonds. The highest BCUT2D eigenvalue weighted by atomic mass is 16.5. The van der Waals surface area contributed by atoms with Gasteiger partial charge < -0.3 is 14.6 Å². The Hall–Kier alpha value is -2.25. The highest BCUT2D eigenvalue weighted by Crippen LogP contribution is 2.21. The minimum absolute atomic E-state index is 0.0143. The number of amides is 1. The standard InChI is InChI=1S/C20H28N4O3/c1-15-6-3-7-16(12-15)19-22-18(27-23-19)14-24-10-4-8-17(13-24)20(25)21-9-5-11-26-2/h3,6-7,12,17H,4-5,8-11,13-14H2,1-2H3,(H,21,25). The monoisotopic (exact) mass is 372 g/mol. The molecule has 1 unspecified atom stereocenters. The van der Waals surface area contributed by atoms with Gasteiger partial charge in [-0.1, -0.05) is 28.9 Å². The van der Waals surface area contributed by atoms with E-state index in [9.17, 15) is 4.79 Å². The number of ether oxygens (including phenoxy) is 1. The first-order chi connectivity index (χ1) is 13.2. The highest BCUT2D eigenvalue weighted by molar-refractivity contribution is 5.78. The van der Waals surface area contributed by atoms with Gasteiger partial charge in [0.15, 0.2) is 0 Å². The largest absolute Gasteiger partial charge is 0.385 e. The first kappa shape index (κ1) is 19.5. The fraction of sp³-hybridized carbons (Fsp3) is 0.550. The van der Waals surface area contributed by atoms with Gasteiger partial charge >= 0.3 is 0 Å². The average Bonchev–Trinajstić information content (AvgIpc) is 3.14. The van der Waals surface area contributed by atoms with Gasteiger partial charge in [0.05, 0.1) is 12.5 Å². The molecule has 2 aromatic rings. The molecule has 0 aliphatic carbocycles. The second-order valence-electron chi connectivity index (χ2n) is 7.09. The molecule has 1 atom stereocenters. The number of hydrogen-bond donors (Lipinski definition) is 1. The van der Waals surface area contributed by atoms with E-state index in [0.29, 0.717) is 31.4 Å². The SMILES string of the molecule is COCCCNC(=O)C1CCCN(Cc2nc(-c3cccc(C)c3)no2)C1. The number of methoxy groups -OCH3 is 1. The number of aromatic nitrogens is 2. The number of benzene rings is 1. The maximum atomic E-state index is 12.4. The van der Waals surface area contributed by atoms with Gasteiger partial charge in [0.1, 0.15) is 0 Å². The summed E-state index contributed by atoms with van der Waals surface area (Å²) in [6, 6.07) is 8.05. The summed E-state index contributed by atoms with van der Waals surface area (Å²) < 4.78 is 10.4. The van der Waals surface area contributed by atoms with Crippen LogP contribution in [-0.2, 0) is 16.1 Å². The van der Waals surface area contributed by atoms with Crippen molar-refractivity contribution in [3.63, 3.8) is 0 Å². The molecule has 3 rings (SSSR count). The maximum Gasteiger partial charge on any atom is 0.241 e. The third-order valence-electron chi connectivity index (χ3n) is 4.80. The number of likely N-dealkylation sites (tertiary alicyclic amines) is 1. The van der Waals surface area contributed by atoms with Crippen LogP contribution in [0.4, 0.5) is 0 Å². The molecule has 2 heterocycles. The Morgan fingerprint density at radius 1 is 1.44 bits per heavy atom. The summed E-state index contributed by atoms with van der Waals surface area (Å²) in [6.07, 6.45) is 2.75. The van der Waals surface area contributed by atoms with E-state index in [1.165, 1.54) is 0 Å². The lowest BCUT2D eigenvalue weighted by atomic mass is 9.97. The van der Waals surface area contributed by atoms with Crippen molar-refractivity contribution in [3.8, 4) is 11.4 Å². The Balaban J connectivity index is 1.53. The molecule has 1 aliphatic rings. The van der Waals surface area contributed by atoms with Crippen LogP contribution in [0, 0.1) is 12.8 Å². The third kappa shape index (κ3) is 5.61. The molecule has 1 aliphatic heterocycles. The Morgan fingerprint density at radius 3 is 3.15 bits per heavy atom. The second kappa shape index (κ2) is 9.62. The van der Waals surface area contributed by atoms with Gasteiger partial charge in [-0.25, -0.2) is 0 Å². The van der Waals surface area contributed by atoms with E-state index in [-0.39, 0.29) is 11.8 Å². The van der Waals surface area contributed by atoms with E-state index in [1.807, 2.05) is 31.2 Å². The quantitative estimate of drug-likeness (QED) is 0.717. The summed E-state index contributed by atoms with van der Waals surface area (Å²) in [7, 11) is 1.67. The Morgan fingerprint density at radius 2 is 2.33 bits per heavy atom. The molecular formula is C20H28N4O3. The predicted molar refractivity (Wildman–Crippen MR) is 102 cm³/mol. The number of carbonyl (C=O) groups excluding carboxylic acids is 1. The van der Waals surface area contributed by atoms with Gasteiger partial charge in [-0.05, 0) is 38.8 Å². The van der Waals surface area contributed by atoms with E-state index >= 15 is 0 Å². The van der Waals surface area contributed by atoms with Crippen LogP contribution in [0.3, 0.4) is 0 Å². The summed E-state index contributed by atoms with van der Waals surface area (Å²) in [4.78, 5) is 19.1. The zero-order valence-corrected chi connectivity index (χ0v) is 16.1. The Labute approximate surface area is 160 Å². The molecule has 1 N–H and O–H groups in total. The number of carbonyl (C=O) groups is 1. The normalized spacial score (nSPS) is 17.8. The number of piperidine rings is 1. The minimum atomic E-state index is 0.0143. The predicted octanol–water partition coefficient (Wildman–Crippen LogP) is 2.41. The fourth-order valence-corrected chi connectivity index (χ4v) is 3.40. The highest BCUT2D eigenvalue weighted by Gasteiger charge is 2.26. The number of hydrogen-bond acceptors (Lipinski definition) is 6. The minimum Gasteiger partial charge on any atom is -0.385 e. The summed E-state index contributed by atoms with van der Waals surface area (Å²) in [5.41, 5.74) is 2.12. The zero-order valence-electron chi connectivity index (χ0n) is 16.1. The van der Waals surface area contributed by atoms with Crippen LogP contribution in [0.2, 0.25) is 0 Å². The Bertz CT molecular complexity index is 746. The summed E-state index contributed by atoms with van der Waals surface area (Å²) in [5.74, 6) is 1.34. The van der Waals surface area contributed by atoms with Gasteiger partial charge in [0.25, 0.3) is 0 Å². The van der Waals surface area contributed by atoms with E-state index in [2.05, 4.69) is 20.4 Å². The van der Waals surface area contributed by atoms with Crippen molar-refractivity contribution >= 4 is 5.91 Å². The summed E-state index contributed by atoms with van der Waals surface area (Å²) in [5, 5.41) is 7.11. The number of nitrogens with zero attached hydrogens (tertiary/aromatic N) is 3. The lowest BCUT2D eigenvalue weighted by Gasteiger charge is -2.30. The van der Waals surface area contributed by atoms with Crippen molar-refractivity contribution in [1.82, 2.24) is 20.4 Å². The van der Waals surface area contributed by atoms with Crippen LogP contribution in [0.15, 0.2) is 28.8 Å². The molecule has 146 valence electrons. The molecule has 0 saturated carbocycles. The third-order valence-corrected chi connectivity index (χ3v) is 4.80. The van der Waals surface area contributed by atoms with Crippen LogP contribution in [0.25, 0.3) is 11.4 Å². The number of nitrogens with one attached hydrogen (secondary N) is 1. The molecule has 1 aromatic carbocycles. The van der Waals surface area contributed by atoms with Crippen molar-refractivity contribution in [1.29, 1.82) is 0 Å². The first-order valence-corrected chi connectivity index (χ1v) is 9.54. The van der Waals surface area contributed by atoms with Gasteiger partial charge in [0, 0.05) is 32.4 Å². The fourth-order valence-electron chi connectivity index (χ4n) is 3.40. The Kier molecular flexibility index (Phi) is 6.95. The molecule has 0 spiro atoms. The molecule has 27 heavy (non-hydrogen) atoms. The van der Waals surface area contributed by atoms with Gasteiger partial charge in [0.2, 0.25) is 17.6 Å². The van der Waals surface area contributed by atoms with Crippen molar-refractivity contribution in [3.05, 3.63) is 35.7 Å². The van der Waals surface area contributed by atoms with E-state index in [1.54, 1.807) is 7.11 Å². The summed E-state index contributed by atoms with van der Waals surface area (Å²) >= 11 is 0.